The fourth-order valence-electron chi connectivity index (χ4n) is 8.70. The normalized spacial score (nSPS) is 23.3. The van der Waals surface area contributed by atoms with Crippen molar-refractivity contribution in [3.8, 4) is 23.0 Å². The van der Waals surface area contributed by atoms with Gasteiger partial charge in [-0.1, -0.05) is 22.9 Å². The Hall–Kier alpha value is -4.31. The van der Waals surface area contributed by atoms with Crippen LogP contribution in [0.3, 0.4) is 0 Å². The first-order valence-corrected chi connectivity index (χ1v) is 26.4. The molecule has 2 aromatic rings. The van der Waals surface area contributed by atoms with Gasteiger partial charge < -0.3 is 28.4 Å². The lowest BCUT2D eigenvalue weighted by atomic mass is 9.89. The average Bonchev–Trinajstić information content (AvgIpc) is 3.81. The van der Waals surface area contributed by atoms with E-state index in [-0.39, 0.29) is 80.5 Å². The lowest BCUT2D eigenvalue weighted by molar-refractivity contribution is -0.129. The van der Waals surface area contributed by atoms with Gasteiger partial charge in [0.1, 0.15) is 17.4 Å². The lowest BCUT2D eigenvalue weighted by Gasteiger charge is -2.29. The van der Waals surface area contributed by atoms with Gasteiger partial charge in [-0.3, -0.25) is 34.0 Å². The van der Waals surface area contributed by atoms with E-state index in [1.54, 1.807) is 66.5 Å². The van der Waals surface area contributed by atoms with Crippen molar-refractivity contribution >= 4 is 76.9 Å². The number of fused-ring (bicyclic) bond motifs is 4. The minimum atomic E-state index is -3.24. The smallest absolute Gasteiger partial charge is 0.222 e. The summed E-state index contributed by atoms with van der Waals surface area (Å²) in [6.07, 6.45) is 9.69. The van der Waals surface area contributed by atoms with E-state index >= 15 is 4.57 Å². The molecule has 352 valence electrons. The van der Waals surface area contributed by atoms with E-state index in [2.05, 4.69) is 21.7 Å². The largest absolute Gasteiger partial charge is 0.493 e. The number of ketones is 2. The predicted molar refractivity (Wildman–Crippen MR) is 258 cm³/mol. The van der Waals surface area contributed by atoms with Gasteiger partial charge in [0.25, 0.3) is 0 Å². The molecule has 18 heteroatoms. The van der Waals surface area contributed by atoms with Crippen LogP contribution in [0.1, 0.15) is 72.6 Å². The fraction of sp³-hybridized carbons (Fsp3) is 0.532. The highest BCUT2D eigenvalue weighted by molar-refractivity contribution is 8.78. The third kappa shape index (κ3) is 12.6. The van der Waals surface area contributed by atoms with Crippen LogP contribution < -0.4 is 18.9 Å². The Morgan fingerprint density at radius 2 is 1.38 bits per heavy atom. The summed E-state index contributed by atoms with van der Waals surface area (Å²) in [5.41, 5.74) is 1.52. The fourth-order valence-corrected chi connectivity index (χ4v) is 12.8. The quantitative estimate of drug-likeness (QED) is 0.0345. The summed E-state index contributed by atoms with van der Waals surface area (Å²) in [7, 11) is 6.41. The van der Waals surface area contributed by atoms with Crippen LogP contribution >= 0.6 is 28.9 Å². The zero-order chi connectivity index (χ0) is 46.7. The van der Waals surface area contributed by atoms with Crippen LogP contribution in [0.5, 0.6) is 23.0 Å². The number of carbonyl (C=O) groups excluding carboxylic acids is 3. The van der Waals surface area contributed by atoms with Crippen molar-refractivity contribution in [2.45, 2.75) is 64.2 Å². The molecule has 13 nitrogen and oxygen atoms in total. The molecule has 2 aliphatic heterocycles. The minimum absolute atomic E-state index is 0.0222. The molecular weight excluding hydrogens is 896 g/mol. The van der Waals surface area contributed by atoms with E-state index in [4.69, 9.17) is 18.9 Å². The zero-order valence-corrected chi connectivity index (χ0v) is 40.3. The SMILES string of the molecule is C=N/C(=C\C=C/C)SSCCCC(=O)N(C)CCCN(C)P(=O)(CCOc1cc2c(cc1OC)C(=O)C1C[C@@H](F)C[C@H]1C=N2)CCOc1cc2c(cc1OC)C(=O)C1C[C@@H](F)C[C@H]1C=N2. The minimum Gasteiger partial charge on any atom is -0.493 e. The van der Waals surface area contributed by atoms with Crippen molar-refractivity contribution in [2.75, 3.05) is 72.7 Å². The van der Waals surface area contributed by atoms with Gasteiger partial charge in [-0.2, -0.15) is 0 Å². The maximum atomic E-state index is 15.1. The number of hydrogen-bond donors (Lipinski definition) is 0. The molecule has 6 rings (SSSR count). The standard InChI is InChI=1S/C47H60F2N5O8PS2/c1-7-8-11-44(50-2)65-64-19-9-12-45(55)53(3)13-10-14-54(4)63(58,17-15-61-42-26-38-36(24-40(42)59-5)46(56)34-22-32(48)20-30(34)28-51-38)18-16-62-43-27-39-37(25-41(43)60-6)47(57)35-23-33(49)21-31(35)29-52-39/h7-8,11,24-35H,2,9-10,12-23H2,1,3-6H3/b8-7-,44-11+/t30-,31-,32-,33-,34?,35?,63?/m0/s1. The molecule has 2 aliphatic carbocycles. The molecular formula is C47H60F2N5O8PS2. The van der Waals surface area contributed by atoms with Crippen molar-refractivity contribution in [3.05, 3.63) is 58.6 Å². The molecule has 0 bridgehead atoms. The molecule has 0 radical (unpaired) electrons. The van der Waals surface area contributed by atoms with Gasteiger partial charge in [0.05, 0.1) is 38.8 Å². The summed E-state index contributed by atoms with van der Waals surface area (Å²) in [6, 6.07) is 6.45. The Kier molecular flexibility index (Phi) is 18.1. The Balaban J connectivity index is 1.11. The molecule has 2 unspecified atom stereocenters. The van der Waals surface area contributed by atoms with E-state index in [0.717, 1.165) is 10.8 Å². The number of rotatable bonds is 23. The zero-order valence-electron chi connectivity index (χ0n) is 37.8. The second-order valence-corrected chi connectivity index (χ2v) is 22.4. The molecule has 0 aromatic heterocycles. The maximum Gasteiger partial charge on any atom is 0.222 e. The third-order valence-corrected chi connectivity index (χ3v) is 18.0. The summed E-state index contributed by atoms with van der Waals surface area (Å²) in [4.78, 5) is 54.8. The van der Waals surface area contributed by atoms with Crippen molar-refractivity contribution in [2.24, 2.45) is 38.6 Å². The van der Waals surface area contributed by atoms with E-state index < -0.39 is 31.5 Å². The molecule has 6 atom stereocenters. The average molecular weight is 956 g/mol. The Morgan fingerprint density at radius 1 is 0.846 bits per heavy atom. The van der Waals surface area contributed by atoms with Gasteiger partial charge in [0.15, 0.2) is 41.9 Å². The van der Waals surface area contributed by atoms with Crippen LogP contribution in [-0.4, -0.2) is 131 Å². The van der Waals surface area contributed by atoms with E-state index in [1.165, 1.54) is 25.0 Å². The van der Waals surface area contributed by atoms with E-state index in [0.29, 0.717) is 77.9 Å². The highest BCUT2D eigenvalue weighted by Crippen LogP contribution is 2.50. The highest BCUT2D eigenvalue weighted by atomic mass is 33.1. The van der Waals surface area contributed by atoms with E-state index in [9.17, 15) is 23.2 Å². The number of Topliss-reactive ketones (excluding diaryl/α,β-unsaturated/α-hetero) is 2. The summed E-state index contributed by atoms with van der Waals surface area (Å²) >= 11 is 0. The second-order valence-electron chi connectivity index (χ2n) is 16.7. The summed E-state index contributed by atoms with van der Waals surface area (Å²) in [6.45, 7) is 6.47. The molecule has 4 aliphatic rings. The monoisotopic (exact) mass is 955 g/mol. The Labute approximate surface area is 388 Å². The number of alkyl halides is 2. The van der Waals surface area contributed by atoms with Gasteiger partial charge in [-0.25, -0.2) is 8.78 Å². The number of carbonyl (C=O) groups is 3. The van der Waals surface area contributed by atoms with Crippen molar-refractivity contribution in [1.29, 1.82) is 0 Å². The van der Waals surface area contributed by atoms with Gasteiger partial charge >= 0.3 is 0 Å². The highest BCUT2D eigenvalue weighted by Gasteiger charge is 2.42. The van der Waals surface area contributed by atoms with Crippen LogP contribution in [0.15, 0.2) is 62.5 Å². The first kappa shape index (κ1) is 50.1. The maximum absolute atomic E-state index is 15.1. The molecule has 0 spiro atoms. The van der Waals surface area contributed by atoms with Gasteiger partial charge in [-0.05, 0) is 88.2 Å². The number of nitrogens with zero attached hydrogens (tertiary/aromatic N) is 5. The second kappa shape index (κ2) is 23.4. The molecule has 0 saturated heterocycles. The van der Waals surface area contributed by atoms with Crippen LogP contribution in [0.2, 0.25) is 0 Å². The van der Waals surface area contributed by atoms with Gasteiger partial charge in [-0.15, -0.1) is 0 Å². The van der Waals surface area contributed by atoms with Crippen molar-refractivity contribution < 1.29 is 46.7 Å². The summed E-state index contributed by atoms with van der Waals surface area (Å²) in [5, 5.41) is 0.806. The Morgan fingerprint density at radius 3 is 1.88 bits per heavy atom. The summed E-state index contributed by atoms with van der Waals surface area (Å²) < 4.78 is 69.1. The number of hydrogen-bond acceptors (Lipinski definition) is 13. The molecule has 65 heavy (non-hydrogen) atoms. The van der Waals surface area contributed by atoms with E-state index in [1.807, 2.05) is 29.8 Å². The van der Waals surface area contributed by atoms with Gasteiger partial charge in [0, 0.05) is 104 Å². The molecule has 0 N–H and O–H groups in total. The number of allylic oxidation sites excluding steroid dienone is 3. The Bertz CT molecular complexity index is 2130. The molecule has 1 amide bonds. The number of aliphatic imine (C=N–C) groups is 3. The predicted octanol–water partition coefficient (Wildman–Crippen LogP) is 10.0. The molecule has 2 heterocycles. The number of methoxy groups -OCH3 is 2. The van der Waals surface area contributed by atoms with Crippen LogP contribution in [0, 0.1) is 23.7 Å². The van der Waals surface area contributed by atoms with Crippen LogP contribution in [0.25, 0.3) is 0 Å². The first-order valence-electron chi connectivity index (χ1n) is 22.1. The van der Waals surface area contributed by atoms with Crippen LogP contribution in [0.4, 0.5) is 20.2 Å². The van der Waals surface area contributed by atoms with Gasteiger partial charge in [0.2, 0.25) is 5.91 Å². The topological polar surface area (TPSA) is 149 Å². The lowest BCUT2D eigenvalue weighted by Crippen LogP contribution is -2.31. The summed E-state index contributed by atoms with van der Waals surface area (Å²) in [5.74, 6) is 0.219. The number of ether oxygens (including phenoxy) is 4. The van der Waals surface area contributed by atoms with Crippen molar-refractivity contribution in [1.82, 2.24) is 9.57 Å². The molecule has 2 saturated carbocycles. The molecule has 2 aromatic carbocycles. The van der Waals surface area contributed by atoms with Crippen LogP contribution in [-0.2, 0) is 9.36 Å². The third-order valence-electron chi connectivity index (χ3n) is 12.5. The number of benzene rings is 2. The number of halogens is 2. The number of amides is 1. The van der Waals surface area contributed by atoms with Crippen molar-refractivity contribution in [3.63, 3.8) is 0 Å². The first-order chi connectivity index (χ1) is 31.3. The molecule has 2 fully saturated rings.